The Labute approximate surface area is 342 Å². The Bertz CT molecular complexity index is 2800. The van der Waals surface area contributed by atoms with Crippen molar-refractivity contribution in [2.24, 2.45) is 0 Å². The Balaban J connectivity index is 0.00000214. The third-order valence-electron chi connectivity index (χ3n) is 8.83. The summed E-state index contributed by atoms with van der Waals surface area (Å²) in [7, 11) is 0. The summed E-state index contributed by atoms with van der Waals surface area (Å²) in [4.78, 5) is 27.4. The Hall–Kier alpha value is -6.20. The van der Waals surface area contributed by atoms with Gasteiger partial charge in [0.1, 0.15) is 0 Å². The third-order valence-corrected chi connectivity index (χ3v) is 8.83. The fourth-order valence-electron chi connectivity index (χ4n) is 6.51. The molecule has 0 aliphatic heterocycles. The number of benzene rings is 4. The molecule has 0 fully saturated rings. The average Bonchev–Trinajstić information content (AvgIpc) is 3.53. The van der Waals surface area contributed by atoms with Gasteiger partial charge in [-0.15, -0.1) is 71.8 Å². The van der Waals surface area contributed by atoms with Crippen molar-refractivity contribution < 1.29 is 50.3 Å². The third kappa shape index (κ3) is 6.76. The topological polar surface area (TPSA) is 101 Å². The van der Waals surface area contributed by atoms with E-state index < -0.39 is 0 Å². The molecule has 0 aliphatic carbocycles. The molecular weight excluding hydrogens is 871 g/mol. The van der Waals surface area contributed by atoms with Crippen molar-refractivity contribution in [1.29, 1.82) is 0 Å². The molecule has 6 heterocycles. The maximum Gasteiger partial charge on any atom is 2.00 e. The van der Waals surface area contributed by atoms with Crippen LogP contribution >= 0.6 is 0 Å². The van der Waals surface area contributed by atoms with E-state index >= 15 is 0 Å². The van der Waals surface area contributed by atoms with Crippen LogP contribution in [-0.4, -0.2) is 34.5 Å². The molecule has 0 radical (unpaired) electrons. The summed E-state index contributed by atoms with van der Waals surface area (Å²) in [5, 5.41) is 3.73. The van der Waals surface area contributed by atoms with Crippen LogP contribution in [0.2, 0.25) is 0 Å². The van der Waals surface area contributed by atoms with E-state index in [2.05, 4.69) is 54.2 Å². The smallest absolute Gasteiger partial charge is 0.503 e. The van der Waals surface area contributed by atoms with Crippen LogP contribution in [0.25, 0.3) is 72.1 Å². The van der Waals surface area contributed by atoms with Gasteiger partial charge in [-0.2, -0.15) is 22.9 Å². The van der Waals surface area contributed by atoms with Gasteiger partial charge in [-0.25, -0.2) is 9.97 Å². The molecule has 11 heteroatoms. The van der Waals surface area contributed by atoms with Crippen molar-refractivity contribution in [3.63, 3.8) is 0 Å². The van der Waals surface area contributed by atoms with Crippen LogP contribution in [0.1, 0.15) is 0 Å². The van der Waals surface area contributed by atoms with Gasteiger partial charge in [0, 0.05) is 60.2 Å². The predicted molar refractivity (Wildman–Crippen MR) is 202 cm³/mol. The first-order valence-corrected chi connectivity index (χ1v) is 16.8. The van der Waals surface area contributed by atoms with Crippen LogP contribution in [-0.2, 0) is 40.8 Å². The monoisotopic (exact) mass is 893 g/mol. The average molecular weight is 895 g/mol. The van der Waals surface area contributed by atoms with E-state index in [1.165, 1.54) is 0 Å². The zero-order valence-corrected chi connectivity index (χ0v) is 31.5. The molecule has 0 aliphatic rings. The summed E-state index contributed by atoms with van der Waals surface area (Å²) in [5.41, 5.74) is 6.32. The molecule has 0 unspecified atom stereocenters. The Morgan fingerprint density at radius 2 is 0.855 bits per heavy atom. The minimum absolute atomic E-state index is 0. The molecule has 4 aromatic carbocycles. The molecule has 0 saturated heterocycles. The molecule has 9 nitrogen and oxygen atoms in total. The van der Waals surface area contributed by atoms with E-state index in [-0.39, 0.29) is 40.8 Å². The molecule has 0 saturated carbocycles. The molecule has 10 rings (SSSR count). The second kappa shape index (κ2) is 15.3. The van der Waals surface area contributed by atoms with E-state index in [4.69, 9.17) is 9.47 Å². The Morgan fingerprint density at radius 1 is 0.382 bits per heavy atom. The van der Waals surface area contributed by atoms with Gasteiger partial charge < -0.3 is 24.0 Å². The van der Waals surface area contributed by atoms with Gasteiger partial charge in [-0.3, -0.25) is 9.97 Å². The maximum absolute atomic E-state index is 6.37. The summed E-state index contributed by atoms with van der Waals surface area (Å²) in [6.45, 7) is 0. The summed E-state index contributed by atoms with van der Waals surface area (Å²) < 4.78 is 14.6. The first kappa shape index (κ1) is 35.8. The number of ether oxygens (including phenoxy) is 2. The molecule has 0 bridgehead atoms. The molecule has 0 amide bonds. The summed E-state index contributed by atoms with van der Waals surface area (Å²) in [6.07, 6.45) is 10.5. The van der Waals surface area contributed by atoms with Crippen LogP contribution in [0.5, 0.6) is 23.0 Å². The number of nitrogens with zero attached hydrogens (tertiary/aromatic N) is 7. The van der Waals surface area contributed by atoms with Gasteiger partial charge in [0.2, 0.25) is 5.95 Å². The van der Waals surface area contributed by atoms with Gasteiger partial charge in [0.15, 0.2) is 0 Å². The number of hydrogen-bond acceptors (Lipinski definition) is 8. The molecule has 0 spiro atoms. The predicted octanol–water partition coefficient (Wildman–Crippen LogP) is 9.57. The summed E-state index contributed by atoms with van der Waals surface area (Å²) in [6, 6.07) is 46.3. The maximum atomic E-state index is 6.37. The molecule has 55 heavy (non-hydrogen) atoms. The zero-order chi connectivity index (χ0) is 35.1. The molecule has 10 aromatic rings. The second-order valence-electron chi connectivity index (χ2n) is 12.1. The van der Waals surface area contributed by atoms with E-state index in [0.29, 0.717) is 28.9 Å². The number of hydrogen-bond donors (Lipinski definition) is 0. The summed E-state index contributed by atoms with van der Waals surface area (Å²) >= 11 is 0. The SMILES string of the molecule is [Pd+2].[Pd+2].[c-]1c(Oc2[c-]c3c(cc2)c2ccc(Oc4[c-]c(-c5nccc6ncccc56)ccc4)[c-]c2n3-c2ncccn2)cccc1-c1nccc2ncccc12. The van der Waals surface area contributed by atoms with Crippen molar-refractivity contribution in [3.8, 4) is 51.5 Å². The Morgan fingerprint density at radius 3 is 1.36 bits per heavy atom. The van der Waals surface area contributed by atoms with Gasteiger partial charge in [-0.1, -0.05) is 35.3 Å². The number of fused-ring (bicyclic) bond motifs is 5. The molecule has 6 aromatic heterocycles. The van der Waals surface area contributed by atoms with Gasteiger partial charge in [-0.05, 0) is 52.5 Å². The normalized spacial score (nSPS) is 11.0. The first-order valence-electron chi connectivity index (χ1n) is 16.8. The largest absolute Gasteiger partial charge is 2.00 e. The van der Waals surface area contributed by atoms with E-state index in [1.54, 1.807) is 43.2 Å². The zero-order valence-electron chi connectivity index (χ0n) is 28.4. The summed E-state index contributed by atoms with van der Waals surface area (Å²) in [5.74, 6) is 2.50. The second-order valence-corrected chi connectivity index (χ2v) is 12.1. The first-order chi connectivity index (χ1) is 26.2. The molecule has 0 atom stereocenters. The van der Waals surface area contributed by atoms with Crippen molar-refractivity contribution in [1.82, 2.24) is 34.5 Å². The molecule has 0 N–H and O–H groups in total. The minimum atomic E-state index is 0. The van der Waals surface area contributed by atoms with Crippen LogP contribution in [0.4, 0.5) is 0 Å². The van der Waals surface area contributed by atoms with Crippen molar-refractivity contribution in [3.05, 3.63) is 165 Å². The van der Waals surface area contributed by atoms with Crippen LogP contribution < -0.4 is 9.47 Å². The number of rotatable bonds is 7. The van der Waals surface area contributed by atoms with Crippen LogP contribution in [0.3, 0.4) is 0 Å². The van der Waals surface area contributed by atoms with Crippen LogP contribution in [0.15, 0.2) is 140 Å². The molecule has 266 valence electrons. The van der Waals surface area contributed by atoms with Crippen molar-refractivity contribution in [2.75, 3.05) is 0 Å². The number of pyridine rings is 4. The van der Waals surface area contributed by atoms with Gasteiger partial charge in [0.05, 0.1) is 11.0 Å². The fraction of sp³-hybridized carbons (Fsp3) is 0. The fourth-order valence-corrected chi connectivity index (χ4v) is 6.51. The standard InChI is InChI=1S/C44H23N7O2.2Pd/c1-6-28(42-36-10-3-18-45-38(36)16-22-47-42)24-30(8-1)52-32-12-14-34-35-15-13-33(27-41(35)51(40(34)26-32)44-49-20-5-21-50-44)53-31-9-2-7-29(25-31)43-37-11-4-19-46-39(37)17-23-48-43;;/h1-23H;;/q-4;2*+2. The van der Waals surface area contributed by atoms with Gasteiger partial charge in [0.25, 0.3) is 0 Å². The van der Waals surface area contributed by atoms with Gasteiger partial charge >= 0.3 is 40.8 Å². The van der Waals surface area contributed by atoms with E-state index in [9.17, 15) is 0 Å². The molecular formula is C44H23N7O2Pd2. The Kier molecular flexibility index (Phi) is 9.95. The van der Waals surface area contributed by atoms with E-state index in [1.807, 2.05) is 102 Å². The van der Waals surface area contributed by atoms with Crippen molar-refractivity contribution in [2.45, 2.75) is 0 Å². The van der Waals surface area contributed by atoms with Crippen molar-refractivity contribution >= 4 is 43.6 Å². The van der Waals surface area contributed by atoms with E-state index in [0.717, 1.165) is 66.1 Å². The van der Waals surface area contributed by atoms with Crippen LogP contribution in [0, 0.1) is 24.3 Å². The quantitative estimate of drug-likeness (QED) is 0.115. The minimum Gasteiger partial charge on any atom is -0.503 e. The number of aromatic nitrogens is 7.